The van der Waals surface area contributed by atoms with E-state index >= 15 is 0 Å². The van der Waals surface area contributed by atoms with E-state index in [0.29, 0.717) is 0 Å². The highest BCUT2D eigenvalue weighted by Gasteiger charge is 2.05. The van der Waals surface area contributed by atoms with E-state index in [-0.39, 0.29) is 5.71 Å². The van der Waals surface area contributed by atoms with Crippen molar-refractivity contribution in [1.82, 2.24) is 0 Å². The van der Waals surface area contributed by atoms with Crippen LogP contribution < -0.4 is 0 Å². The summed E-state index contributed by atoms with van der Waals surface area (Å²) in [7, 11) is -3.68. The molecule has 0 radical (unpaired) electrons. The zero-order valence-electron chi connectivity index (χ0n) is 10.0. The van der Waals surface area contributed by atoms with Gasteiger partial charge in [0, 0.05) is 0 Å². The molecule has 0 amide bonds. The van der Waals surface area contributed by atoms with Gasteiger partial charge in [0.1, 0.15) is 5.71 Å². The molecule has 6 heteroatoms. The maximum atomic E-state index is 11.5. The van der Waals surface area contributed by atoms with Crippen molar-refractivity contribution >= 4 is 27.7 Å². The zero-order valence-corrected chi connectivity index (χ0v) is 10.8. The van der Waals surface area contributed by atoms with Crippen molar-refractivity contribution in [3.8, 4) is 0 Å². The van der Waals surface area contributed by atoms with E-state index in [1.807, 2.05) is 30.3 Å². The van der Waals surface area contributed by atoms with Gasteiger partial charge in [-0.1, -0.05) is 41.6 Å². The summed E-state index contributed by atoms with van der Waals surface area (Å²) in [5.41, 5.74) is 0.829. The molecule has 0 N–H and O–H groups in total. The van der Waals surface area contributed by atoms with Gasteiger partial charge in [-0.3, -0.25) is 9.08 Å². The van der Waals surface area contributed by atoms with Gasteiger partial charge in [-0.15, -0.1) is 0 Å². The van der Waals surface area contributed by atoms with Gasteiger partial charge in [0.2, 0.25) is 5.78 Å². The number of carbonyl (C=O) groups is 1. The SMILES string of the molecule is CC(=NOS(C)(=O)=O)C(=O)C=Cc1ccccc1. The van der Waals surface area contributed by atoms with Crippen molar-refractivity contribution in [3.05, 3.63) is 42.0 Å². The Bertz CT molecular complexity index is 573. The Hall–Kier alpha value is -1.95. The Morgan fingerprint density at radius 3 is 2.44 bits per heavy atom. The third-order valence-electron chi connectivity index (χ3n) is 1.89. The predicted molar refractivity (Wildman–Crippen MR) is 69.5 cm³/mol. The first kappa shape index (κ1) is 14.1. The van der Waals surface area contributed by atoms with Crippen LogP contribution in [0.5, 0.6) is 0 Å². The van der Waals surface area contributed by atoms with Gasteiger partial charge in [-0.25, -0.2) is 0 Å². The zero-order chi connectivity index (χ0) is 13.6. The number of nitrogens with zero attached hydrogens (tertiary/aromatic N) is 1. The molecule has 0 spiro atoms. The molecule has 0 unspecified atom stereocenters. The summed E-state index contributed by atoms with van der Waals surface area (Å²) in [4.78, 5) is 11.5. The monoisotopic (exact) mass is 267 g/mol. The maximum Gasteiger partial charge on any atom is 0.325 e. The number of ketones is 1. The lowest BCUT2D eigenvalue weighted by molar-refractivity contribution is -0.108. The molecule has 0 fully saturated rings. The fourth-order valence-electron chi connectivity index (χ4n) is 1.03. The number of hydrogen-bond acceptors (Lipinski definition) is 5. The van der Waals surface area contributed by atoms with E-state index in [1.54, 1.807) is 6.08 Å². The Balaban J connectivity index is 2.69. The van der Waals surface area contributed by atoms with E-state index < -0.39 is 15.9 Å². The van der Waals surface area contributed by atoms with Crippen molar-refractivity contribution in [2.24, 2.45) is 5.16 Å². The number of hydrogen-bond donors (Lipinski definition) is 0. The first-order valence-corrected chi connectivity index (χ1v) is 6.91. The van der Waals surface area contributed by atoms with Crippen LogP contribution in [-0.4, -0.2) is 26.2 Å². The van der Waals surface area contributed by atoms with Gasteiger partial charge in [-0.05, 0) is 18.6 Å². The van der Waals surface area contributed by atoms with E-state index in [9.17, 15) is 13.2 Å². The van der Waals surface area contributed by atoms with Crippen LogP contribution in [0.25, 0.3) is 6.08 Å². The molecule has 0 heterocycles. The van der Waals surface area contributed by atoms with Crippen molar-refractivity contribution in [3.63, 3.8) is 0 Å². The summed E-state index contributed by atoms with van der Waals surface area (Å²) in [6, 6.07) is 9.23. The van der Waals surface area contributed by atoms with Crippen LogP contribution in [0.3, 0.4) is 0 Å². The van der Waals surface area contributed by atoms with Gasteiger partial charge >= 0.3 is 10.1 Å². The number of benzene rings is 1. The molecule has 0 saturated carbocycles. The fourth-order valence-corrected chi connectivity index (χ4v) is 1.27. The molecule has 1 aromatic carbocycles. The van der Waals surface area contributed by atoms with Crippen LogP contribution in [-0.2, 0) is 19.2 Å². The van der Waals surface area contributed by atoms with Crippen LogP contribution in [0.1, 0.15) is 12.5 Å². The summed E-state index contributed by atoms with van der Waals surface area (Å²) in [5, 5.41) is 3.24. The van der Waals surface area contributed by atoms with Crippen LogP contribution >= 0.6 is 0 Å². The van der Waals surface area contributed by atoms with Crippen LogP contribution in [0, 0.1) is 0 Å². The third kappa shape index (κ3) is 5.40. The second kappa shape index (κ2) is 6.11. The van der Waals surface area contributed by atoms with Gasteiger partial charge in [0.15, 0.2) is 0 Å². The number of carbonyl (C=O) groups excluding carboxylic acids is 1. The van der Waals surface area contributed by atoms with Gasteiger partial charge in [0.05, 0.1) is 6.26 Å². The number of allylic oxidation sites excluding steroid dienone is 1. The number of rotatable bonds is 5. The third-order valence-corrected chi connectivity index (χ3v) is 2.24. The quantitative estimate of drug-likeness (QED) is 0.461. The van der Waals surface area contributed by atoms with Crippen molar-refractivity contribution in [2.45, 2.75) is 6.92 Å². The molecular weight excluding hydrogens is 254 g/mol. The van der Waals surface area contributed by atoms with Crippen LogP contribution in [0.4, 0.5) is 0 Å². The maximum absolute atomic E-state index is 11.5. The molecule has 0 aliphatic rings. The van der Waals surface area contributed by atoms with Crippen molar-refractivity contribution in [2.75, 3.05) is 6.26 Å². The van der Waals surface area contributed by atoms with Crippen molar-refractivity contribution in [1.29, 1.82) is 0 Å². The van der Waals surface area contributed by atoms with E-state index in [0.717, 1.165) is 11.8 Å². The highest BCUT2D eigenvalue weighted by molar-refractivity contribution is 7.85. The Morgan fingerprint density at radius 1 is 1.28 bits per heavy atom. The minimum absolute atomic E-state index is 0.0346. The standard InChI is InChI=1S/C12H13NO4S/c1-10(13-17-18(2,15)16)12(14)9-8-11-6-4-3-5-7-11/h3-9H,1-2H3. The second-order valence-corrected chi connectivity index (χ2v) is 5.12. The molecule has 1 aromatic rings. The van der Waals surface area contributed by atoms with Gasteiger partial charge < -0.3 is 0 Å². The molecule has 1 rings (SSSR count). The van der Waals surface area contributed by atoms with E-state index in [1.165, 1.54) is 13.0 Å². The normalized spacial score (nSPS) is 12.7. The molecular formula is C12H13NO4S. The summed E-state index contributed by atoms with van der Waals surface area (Å²) >= 11 is 0. The predicted octanol–water partition coefficient (Wildman–Crippen LogP) is 1.62. The summed E-state index contributed by atoms with van der Waals surface area (Å²) in [6.07, 6.45) is 3.77. The van der Waals surface area contributed by atoms with Gasteiger partial charge in [-0.2, -0.15) is 8.42 Å². The highest BCUT2D eigenvalue weighted by Crippen LogP contribution is 2.01. The molecule has 96 valence electrons. The van der Waals surface area contributed by atoms with Gasteiger partial charge in [0.25, 0.3) is 0 Å². The first-order valence-electron chi connectivity index (χ1n) is 5.09. The first-order chi connectivity index (χ1) is 8.38. The highest BCUT2D eigenvalue weighted by atomic mass is 32.2. The lowest BCUT2D eigenvalue weighted by atomic mass is 10.2. The lowest BCUT2D eigenvalue weighted by Gasteiger charge is -1.96. The van der Waals surface area contributed by atoms with Crippen LogP contribution in [0.15, 0.2) is 41.6 Å². The van der Waals surface area contributed by atoms with E-state index in [4.69, 9.17) is 0 Å². The largest absolute Gasteiger partial charge is 0.325 e. The summed E-state index contributed by atoms with van der Waals surface area (Å²) in [5.74, 6) is -0.414. The smallest absolute Gasteiger partial charge is 0.288 e. The van der Waals surface area contributed by atoms with Crippen molar-refractivity contribution < 1.29 is 17.5 Å². The molecule has 0 atom stereocenters. The second-order valence-electron chi connectivity index (χ2n) is 3.56. The molecule has 5 nitrogen and oxygen atoms in total. The molecule has 0 bridgehead atoms. The molecule has 0 aliphatic heterocycles. The van der Waals surface area contributed by atoms with E-state index in [2.05, 4.69) is 9.44 Å². The van der Waals surface area contributed by atoms with Crippen LogP contribution in [0.2, 0.25) is 0 Å². The summed E-state index contributed by atoms with van der Waals surface area (Å²) < 4.78 is 25.5. The lowest BCUT2D eigenvalue weighted by Crippen LogP contribution is -2.09. The number of oxime groups is 1. The Labute approximate surface area is 106 Å². The average Bonchev–Trinajstić information content (AvgIpc) is 2.33. The minimum Gasteiger partial charge on any atom is -0.288 e. The summed E-state index contributed by atoms with van der Waals surface area (Å²) in [6.45, 7) is 1.38. The molecule has 18 heavy (non-hydrogen) atoms. The molecule has 0 saturated heterocycles. The average molecular weight is 267 g/mol. The Morgan fingerprint density at radius 2 is 1.89 bits per heavy atom. The molecule has 0 aliphatic carbocycles. The Kier molecular flexibility index (Phi) is 4.79. The minimum atomic E-state index is -3.68. The fraction of sp³-hybridized carbons (Fsp3) is 0.167. The molecule has 0 aromatic heterocycles. The topological polar surface area (TPSA) is 72.8 Å².